The number of fused-ring (bicyclic) bond motifs is 1. The van der Waals surface area contributed by atoms with E-state index < -0.39 is 17.5 Å². The number of imidazole rings is 1. The molecule has 1 aliphatic rings. The number of nitrogens with one attached hydrogen (secondary N) is 1. The largest absolute Gasteiger partial charge is 0.457 e. The predicted molar refractivity (Wildman–Crippen MR) is 156 cm³/mol. The zero-order valence-electron chi connectivity index (χ0n) is 23.2. The van der Waals surface area contributed by atoms with Crippen LogP contribution in [-0.4, -0.2) is 54.6 Å². The minimum absolute atomic E-state index is 0.0351. The number of benzene rings is 2. The highest BCUT2D eigenvalue weighted by atomic mass is 16.5. The third kappa shape index (κ3) is 5.69. The number of nitrogens with zero attached hydrogens (tertiary/aromatic N) is 6. The standard InChI is InChI=1S/C30H32N8O3/c1-20(35-28(39)21(17-31)16-30(2,3)36-14-7-15-36)18-37-27-25(26(32)33-19-34-27)38(29(37)40)22-10-12-24(13-11-22)41-23-8-5-4-6-9-23/h4-6,8-13,16,19-20H,7,14-15,18H2,1-3H3,(H,35,39)(H2,32,33,34)/b21-16+/t20-/m0/s1. The molecule has 1 fully saturated rings. The van der Waals surface area contributed by atoms with E-state index in [9.17, 15) is 14.9 Å². The van der Waals surface area contributed by atoms with Crippen molar-refractivity contribution in [2.45, 2.75) is 45.3 Å². The molecule has 0 radical (unpaired) electrons. The quantitative estimate of drug-likeness (QED) is 0.238. The van der Waals surface area contributed by atoms with Crippen molar-refractivity contribution in [2.75, 3.05) is 18.8 Å². The number of carbonyl (C=O) groups is 1. The fourth-order valence-corrected chi connectivity index (χ4v) is 4.90. The molecular weight excluding hydrogens is 520 g/mol. The summed E-state index contributed by atoms with van der Waals surface area (Å²) in [6.45, 7) is 7.71. The van der Waals surface area contributed by atoms with Gasteiger partial charge in [0.2, 0.25) is 0 Å². The Morgan fingerprint density at radius 1 is 1.15 bits per heavy atom. The molecule has 3 N–H and O–H groups in total. The van der Waals surface area contributed by atoms with Crippen LogP contribution in [0.4, 0.5) is 5.82 Å². The van der Waals surface area contributed by atoms with Crippen LogP contribution in [0.15, 0.2) is 77.4 Å². The molecule has 1 aliphatic heterocycles. The van der Waals surface area contributed by atoms with Crippen molar-refractivity contribution in [1.82, 2.24) is 29.3 Å². The molecule has 41 heavy (non-hydrogen) atoms. The zero-order valence-corrected chi connectivity index (χ0v) is 23.2. The number of rotatable bonds is 9. The monoisotopic (exact) mass is 552 g/mol. The van der Waals surface area contributed by atoms with Crippen LogP contribution in [0.2, 0.25) is 0 Å². The van der Waals surface area contributed by atoms with E-state index in [0.717, 1.165) is 19.5 Å². The van der Waals surface area contributed by atoms with E-state index >= 15 is 0 Å². The second-order valence-electron chi connectivity index (χ2n) is 10.6. The summed E-state index contributed by atoms with van der Waals surface area (Å²) in [4.78, 5) is 37.4. The summed E-state index contributed by atoms with van der Waals surface area (Å²) < 4.78 is 8.77. The Hall–Kier alpha value is -4.95. The first-order valence-corrected chi connectivity index (χ1v) is 13.4. The third-order valence-corrected chi connectivity index (χ3v) is 7.17. The van der Waals surface area contributed by atoms with Gasteiger partial charge < -0.3 is 15.8 Å². The highest BCUT2D eigenvalue weighted by molar-refractivity contribution is 5.97. The Bertz CT molecular complexity index is 1690. The number of anilines is 1. The van der Waals surface area contributed by atoms with Gasteiger partial charge in [-0.3, -0.25) is 18.8 Å². The van der Waals surface area contributed by atoms with Gasteiger partial charge in [-0.05, 0) is 69.7 Å². The number of nitrogen functional groups attached to an aromatic ring is 1. The van der Waals surface area contributed by atoms with Crippen LogP contribution >= 0.6 is 0 Å². The predicted octanol–water partition coefficient (Wildman–Crippen LogP) is 3.40. The summed E-state index contributed by atoms with van der Waals surface area (Å²) in [7, 11) is 0. The average molecular weight is 553 g/mol. The van der Waals surface area contributed by atoms with Gasteiger partial charge in [0, 0.05) is 31.2 Å². The van der Waals surface area contributed by atoms with Gasteiger partial charge in [-0.2, -0.15) is 5.26 Å². The van der Waals surface area contributed by atoms with Gasteiger partial charge in [0.25, 0.3) is 5.91 Å². The smallest absolute Gasteiger partial charge is 0.335 e. The molecule has 1 atom stereocenters. The first kappa shape index (κ1) is 27.6. The number of nitriles is 1. The van der Waals surface area contributed by atoms with Gasteiger partial charge in [0.05, 0.1) is 5.69 Å². The molecule has 0 saturated carbocycles. The Labute approximate surface area is 237 Å². The van der Waals surface area contributed by atoms with E-state index in [0.29, 0.717) is 28.4 Å². The van der Waals surface area contributed by atoms with Crippen molar-refractivity contribution < 1.29 is 9.53 Å². The number of hydrogen-bond donors (Lipinski definition) is 2. The lowest BCUT2D eigenvalue weighted by molar-refractivity contribution is -0.117. The van der Waals surface area contributed by atoms with Crippen molar-refractivity contribution in [3.63, 3.8) is 0 Å². The average Bonchev–Trinajstić information content (AvgIpc) is 3.19. The molecule has 0 spiro atoms. The second-order valence-corrected chi connectivity index (χ2v) is 10.6. The van der Waals surface area contributed by atoms with Crippen molar-refractivity contribution >= 4 is 22.9 Å². The highest BCUT2D eigenvalue weighted by Crippen LogP contribution is 2.26. The van der Waals surface area contributed by atoms with Crippen LogP contribution < -0.4 is 21.5 Å². The lowest BCUT2D eigenvalue weighted by atomic mass is 9.95. The summed E-state index contributed by atoms with van der Waals surface area (Å²) >= 11 is 0. The number of nitrogens with two attached hydrogens (primary N) is 1. The Kier molecular flexibility index (Phi) is 7.59. The number of ether oxygens (including phenoxy) is 1. The molecule has 2 aromatic carbocycles. The maximum absolute atomic E-state index is 13.7. The van der Waals surface area contributed by atoms with Crippen molar-refractivity contribution in [2.24, 2.45) is 0 Å². The molecule has 4 aromatic rings. The van der Waals surface area contributed by atoms with E-state index in [2.05, 4.69) is 20.2 Å². The van der Waals surface area contributed by atoms with Crippen molar-refractivity contribution in [1.29, 1.82) is 5.26 Å². The Balaban J connectivity index is 1.40. The van der Waals surface area contributed by atoms with Gasteiger partial charge in [0.1, 0.15) is 35.0 Å². The molecule has 2 aromatic heterocycles. The van der Waals surface area contributed by atoms with Crippen LogP contribution in [0, 0.1) is 11.3 Å². The molecule has 5 rings (SSSR count). The molecule has 0 aliphatic carbocycles. The van der Waals surface area contributed by atoms with Crippen molar-refractivity contribution in [3.8, 4) is 23.3 Å². The van der Waals surface area contributed by atoms with E-state index in [1.807, 2.05) is 50.2 Å². The molecule has 0 unspecified atom stereocenters. The number of hydrogen-bond acceptors (Lipinski definition) is 8. The SMILES string of the molecule is C[C@@H](Cn1c(=O)n(-c2ccc(Oc3ccccc3)cc2)c2c(N)ncnc21)NC(=O)/C(C#N)=C/C(C)(C)N1CCC1. The maximum Gasteiger partial charge on any atom is 0.335 e. The number of amides is 1. The molecule has 11 nitrogen and oxygen atoms in total. The summed E-state index contributed by atoms with van der Waals surface area (Å²) in [5, 5.41) is 12.5. The van der Waals surface area contributed by atoms with Crippen LogP contribution in [0.1, 0.15) is 27.2 Å². The Morgan fingerprint density at radius 2 is 1.83 bits per heavy atom. The molecule has 1 saturated heterocycles. The molecule has 0 bridgehead atoms. The van der Waals surface area contributed by atoms with E-state index in [-0.39, 0.29) is 23.6 Å². The van der Waals surface area contributed by atoms with E-state index in [1.54, 1.807) is 37.3 Å². The minimum Gasteiger partial charge on any atom is -0.457 e. The lowest BCUT2D eigenvalue weighted by Crippen LogP contribution is -2.51. The van der Waals surface area contributed by atoms with E-state index in [4.69, 9.17) is 10.5 Å². The Morgan fingerprint density at radius 3 is 2.46 bits per heavy atom. The van der Waals surface area contributed by atoms with Crippen LogP contribution in [-0.2, 0) is 11.3 Å². The van der Waals surface area contributed by atoms with Gasteiger partial charge >= 0.3 is 5.69 Å². The topological polar surface area (TPSA) is 144 Å². The highest BCUT2D eigenvalue weighted by Gasteiger charge is 2.31. The van der Waals surface area contributed by atoms with Gasteiger partial charge in [0.15, 0.2) is 11.5 Å². The maximum atomic E-state index is 13.7. The molecule has 11 heteroatoms. The zero-order chi connectivity index (χ0) is 29.1. The van der Waals surface area contributed by atoms with Gasteiger partial charge in [-0.15, -0.1) is 0 Å². The summed E-state index contributed by atoms with van der Waals surface area (Å²) in [6, 6.07) is 17.9. The number of aromatic nitrogens is 4. The lowest BCUT2D eigenvalue weighted by Gasteiger charge is -2.43. The van der Waals surface area contributed by atoms with Gasteiger partial charge in [-0.1, -0.05) is 18.2 Å². The van der Waals surface area contributed by atoms with E-state index in [1.165, 1.54) is 15.5 Å². The molecule has 210 valence electrons. The summed E-state index contributed by atoms with van der Waals surface area (Å²) in [6.07, 6.45) is 4.10. The normalized spacial score (nSPS) is 14.7. The number of likely N-dealkylation sites (tertiary alicyclic amines) is 1. The fraction of sp³-hybridized carbons (Fsp3) is 0.300. The molecule has 1 amide bonds. The third-order valence-electron chi connectivity index (χ3n) is 7.17. The fourth-order valence-electron chi connectivity index (χ4n) is 4.90. The molecular formula is C30H32N8O3. The van der Waals surface area contributed by atoms with Crippen LogP contribution in [0.25, 0.3) is 16.9 Å². The number of para-hydroxylation sites is 1. The summed E-state index contributed by atoms with van der Waals surface area (Å²) in [5.74, 6) is 0.959. The first-order valence-electron chi connectivity index (χ1n) is 13.4. The molecule has 3 heterocycles. The van der Waals surface area contributed by atoms with Crippen LogP contribution in [0.5, 0.6) is 11.5 Å². The van der Waals surface area contributed by atoms with Crippen molar-refractivity contribution in [3.05, 3.63) is 83.1 Å². The summed E-state index contributed by atoms with van der Waals surface area (Å²) in [5.41, 5.74) is 6.70. The van der Waals surface area contributed by atoms with Gasteiger partial charge in [-0.25, -0.2) is 14.8 Å². The second kappa shape index (κ2) is 11.3. The van der Waals surface area contributed by atoms with Crippen LogP contribution in [0.3, 0.4) is 0 Å². The minimum atomic E-state index is -0.499. The first-order chi connectivity index (χ1) is 19.7. The number of carbonyl (C=O) groups excluding carboxylic acids is 1.